The zero-order valence-corrected chi connectivity index (χ0v) is 17.3. The molecule has 0 amide bonds. The second-order valence-corrected chi connectivity index (χ2v) is 7.93. The van der Waals surface area contributed by atoms with Crippen molar-refractivity contribution >= 4 is 40.6 Å². The van der Waals surface area contributed by atoms with Crippen molar-refractivity contribution in [2.75, 3.05) is 30.9 Å². The van der Waals surface area contributed by atoms with Gasteiger partial charge in [-0.25, -0.2) is 9.18 Å². The molecular formula is C18H24Cl2FN5O2. The molecule has 2 heterocycles. The van der Waals surface area contributed by atoms with Crippen molar-refractivity contribution in [1.82, 2.24) is 14.6 Å². The number of benzene rings is 1. The molecule has 4 rings (SSSR count). The molecule has 1 saturated carbocycles. The molecule has 1 aromatic carbocycles. The maximum atomic E-state index is 15.0. The second-order valence-electron chi connectivity index (χ2n) is 7.55. The third-order valence-corrected chi connectivity index (χ3v) is 6.24. The van der Waals surface area contributed by atoms with Gasteiger partial charge in [0.05, 0.1) is 21.6 Å². The summed E-state index contributed by atoms with van der Waals surface area (Å²) in [5.74, 6) is 5.43. The van der Waals surface area contributed by atoms with Gasteiger partial charge in [-0.2, -0.15) is 4.68 Å². The van der Waals surface area contributed by atoms with E-state index in [2.05, 4.69) is 12.2 Å². The third-order valence-electron chi connectivity index (χ3n) is 5.89. The average Bonchev–Trinajstić information content (AvgIpc) is 3.37. The number of rotatable bonds is 4. The summed E-state index contributed by atoms with van der Waals surface area (Å²) in [6.45, 7) is 3.42. The minimum absolute atomic E-state index is 0. The number of nitrogens with one attached hydrogen (secondary N) is 1. The van der Waals surface area contributed by atoms with E-state index < -0.39 is 17.1 Å². The van der Waals surface area contributed by atoms with Gasteiger partial charge in [0.15, 0.2) is 0 Å². The summed E-state index contributed by atoms with van der Waals surface area (Å²) in [5, 5.41) is 3.39. The minimum atomic E-state index is -0.734. The molecule has 2 atom stereocenters. The van der Waals surface area contributed by atoms with Crippen molar-refractivity contribution in [2.24, 2.45) is 5.92 Å². The number of hydrogen-bond donors (Lipinski definition) is 2. The summed E-state index contributed by atoms with van der Waals surface area (Å²) in [4.78, 5) is 26.9. The van der Waals surface area contributed by atoms with Gasteiger partial charge in [-0.15, -0.1) is 12.4 Å². The Labute approximate surface area is 172 Å². The Morgan fingerprint density at radius 1 is 1.32 bits per heavy atom. The summed E-state index contributed by atoms with van der Waals surface area (Å²) in [6.07, 6.45) is 2.53. The van der Waals surface area contributed by atoms with Crippen LogP contribution in [0.25, 0.3) is 10.9 Å². The monoisotopic (exact) mass is 431 g/mol. The van der Waals surface area contributed by atoms with Gasteiger partial charge in [0.25, 0.3) is 5.56 Å². The van der Waals surface area contributed by atoms with Crippen LogP contribution in [-0.4, -0.2) is 35.4 Å². The number of aromatic nitrogens is 2. The van der Waals surface area contributed by atoms with Crippen molar-refractivity contribution in [2.45, 2.75) is 38.3 Å². The van der Waals surface area contributed by atoms with Gasteiger partial charge in [0, 0.05) is 25.2 Å². The van der Waals surface area contributed by atoms with Crippen molar-refractivity contribution in [1.29, 1.82) is 0 Å². The highest BCUT2D eigenvalue weighted by atomic mass is 35.5. The van der Waals surface area contributed by atoms with Gasteiger partial charge < -0.3 is 16.1 Å². The Morgan fingerprint density at radius 2 is 2.00 bits per heavy atom. The van der Waals surface area contributed by atoms with Gasteiger partial charge in [-0.3, -0.25) is 9.36 Å². The Kier molecular flexibility index (Phi) is 5.67. The van der Waals surface area contributed by atoms with Crippen molar-refractivity contribution in [3.63, 3.8) is 0 Å². The molecule has 0 radical (unpaired) electrons. The van der Waals surface area contributed by atoms with Crippen molar-refractivity contribution in [3.8, 4) is 0 Å². The van der Waals surface area contributed by atoms with E-state index in [0.717, 1.165) is 25.3 Å². The standard InChI is InChI=1S/C18H23ClFN5O2.ClH/c1-9(22-2)10-5-6-23(8-10)16-13(20)7-12-15(14(16)19)24(11-3-4-11)18(27)25(21)17(12)26;/h7,9-11,22H,3-6,8,21H2,1-2H3;1H/t9-,10+;/m0./s1. The second kappa shape index (κ2) is 7.57. The first kappa shape index (κ1) is 21.0. The first-order chi connectivity index (χ1) is 12.8. The van der Waals surface area contributed by atoms with Crippen molar-refractivity contribution in [3.05, 3.63) is 37.7 Å². The number of nitrogens with two attached hydrogens (primary N) is 1. The van der Waals surface area contributed by atoms with Gasteiger partial charge in [0.2, 0.25) is 0 Å². The highest BCUT2D eigenvalue weighted by Gasteiger charge is 2.33. The van der Waals surface area contributed by atoms with Crippen LogP contribution in [0, 0.1) is 11.7 Å². The summed E-state index contributed by atoms with van der Waals surface area (Å²) < 4.78 is 17.0. The Morgan fingerprint density at radius 3 is 2.61 bits per heavy atom. The van der Waals surface area contributed by atoms with Crippen LogP contribution in [-0.2, 0) is 0 Å². The fourth-order valence-corrected chi connectivity index (χ4v) is 4.42. The SMILES string of the molecule is CN[C@@H](C)[C@@H]1CCN(c2c(F)cc3c(=O)n(N)c(=O)n(C4CC4)c3c2Cl)C1.Cl. The van der Waals surface area contributed by atoms with E-state index in [0.29, 0.717) is 29.7 Å². The molecule has 0 unspecified atom stereocenters. The predicted octanol–water partition coefficient (Wildman–Crippen LogP) is 1.86. The molecule has 7 nitrogen and oxygen atoms in total. The largest absolute Gasteiger partial charge is 0.368 e. The predicted molar refractivity (Wildman–Crippen MR) is 112 cm³/mol. The van der Waals surface area contributed by atoms with E-state index in [1.807, 2.05) is 11.9 Å². The fourth-order valence-electron chi connectivity index (χ4n) is 4.02. The van der Waals surface area contributed by atoms with Crippen LogP contribution >= 0.6 is 24.0 Å². The highest BCUT2D eigenvalue weighted by Crippen LogP contribution is 2.41. The lowest BCUT2D eigenvalue weighted by Crippen LogP contribution is -2.44. The van der Waals surface area contributed by atoms with E-state index in [9.17, 15) is 14.0 Å². The van der Waals surface area contributed by atoms with Gasteiger partial charge >= 0.3 is 5.69 Å². The highest BCUT2D eigenvalue weighted by molar-refractivity contribution is 6.38. The number of anilines is 1. The number of fused-ring (bicyclic) bond motifs is 1. The molecule has 154 valence electrons. The van der Waals surface area contributed by atoms with Gasteiger partial charge in [0.1, 0.15) is 5.82 Å². The van der Waals surface area contributed by atoms with E-state index in [4.69, 9.17) is 17.4 Å². The molecule has 1 aliphatic carbocycles. The molecular weight excluding hydrogens is 408 g/mol. The van der Waals surface area contributed by atoms with Crippen LogP contribution in [0.5, 0.6) is 0 Å². The lowest BCUT2D eigenvalue weighted by atomic mass is 10.0. The quantitative estimate of drug-likeness (QED) is 0.721. The molecule has 1 aromatic heterocycles. The Hall–Kier alpha value is -1.77. The lowest BCUT2D eigenvalue weighted by molar-refractivity contribution is 0.428. The first-order valence-electron chi connectivity index (χ1n) is 9.21. The molecule has 0 bridgehead atoms. The van der Waals surface area contributed by atoms with Crippen LogP contribution in [0.4, 0.5) is 10.1 Å². The summed E-state index contributed by atoms with van der Waals surface area (Å²) in [7, 11) is 1.91. The summed E-state index contributed by atoms with van der Waals surface area (Å²) in [5.41, 5.74) is -0.796. The number of halogens is 3. The maximum Gasteiger partial charge on any atom is 0.350 e. The molecule has 2 aliphatic rings. The zero-order valence-electron chi connectivity index (χ0n) is 15.7. The molecule has 3 N–H and O–H groups in total. The van der Waals surface area contributed by atoms with Crippen LogP contribution < -0.4 is 27.3 Å². The Balaban J connectivity index is 0.00000225. The molecule has 2 fully saturated rings. The normalized spacial score (nSPS) is 20.4. The third kappa shape index (κ3) is 3.17. The van der Waals surface area contributed by atoms with Crippen LogP contribution in [0.15, 0.2) is 15.7 Å². The minimum Gasteiger partial charge on any atom is -0.368 e. The maximum absolute atomic E-state index is 15.0. The number of nitrogens with zero attached hydrogens (tertiary/aromatic N) is 3. The number of nitrogen functional groups attached to an aromatic ring is 1. The van der Waals surface area contributed by atoms with Gasteiger partial charge in [-0.05, 0) is 45.2 Å². The van der Waals surface area contributed by atoms with Crippen molar-refractivity contribution < 1.29 is 4.39 Å². The topological polar surface area (TPSA) is 85.3 Å². The molecule has 0 spiro atoms. The van der Waals surface area contributed by atoms with E-state index in [1.54, 1.807) is 0 Å². The van der Waals surface area contributed by atoms with E-state index in [1.165, 1.54) is 4.57 Å². The number of hydrogen-bond acceptors (Lipinski definition) is 5. The van der Waals surface area contributed by atoms with Crippen LogP contribution in [0.2, 0.25) is 5.02 Å². The van der Waals surface area contributed by atoms with E-state index in [-0.39, 0.29) is 40.1 Å². The van der Waals surface area contributed by atoms with Crippen LogP contribution in [0.3, 0.4) is 0 Å². The lowest BCUT2D eigenvalue weighted by Gasteiger charge is -2.24. The summed E-state index contributed by atoms with van der Waals surface area (Å²) in [6, 6.07) is 1.41. The average molecular weight is 432 g/mol. The summed E-state index contributed by atoms with van der Waals surface area (Å²) >= 11 is 6.62. The zero-order chi connectivity index (χ0) is 19.5. The molecule has 28 heavy (non-hydrogen) atoms. The molecule has 2 aromatic rings. The van der Waals surface area contributed by atoms with Gasteiger partial charge in [-0.1, -0.05) is 11.6 Å². The van der Waals surface area contributed by atoms with Crippen LogP contribution in [0.1, 0.15) is 32.2 Å². The smallest absolute Gasteiger partial charge is 0.350 e. The molecule has 10 heteroatoms. The molecule has 1 saturated heterocycles. The Bertz CT molecular complexity index is 1030. The first-order valence-corrected chi connectivity index (χ1v) is 9.59. The van der Waals surface area contributed by atoms with E-state index >= 15 is 0 Å². The molecule has 1 aliphatic heterocycles. The fraction of sp³-hybridized carbons (Fsp3) is 0.556.